The molecule has 0 saturated carbocycles. The number of likely N-dealkylation sites (tertiary alicyclic amines) is 2. The van der Waals surface area contributed by atoms with E-state index in [1.54, 1.807) is 36.2 Å². The standard InChI is InChI=1S/C90H130F3N11O25S2/c1-66-85(130-65-97-66)69-8-6-67(7-9-69)56-96-88(108)79-55-74(129-81(106)64-128-53-52-127-51-50-126-49-48-125-47-46-124-45-44-123-43-42-122-41-40-121-39-38-120-37-36-119-35-34-118-33-32-117-31-30-116-29-28-115-27-26-114-25-24-113-23-22-112-5)62-104(79)89(109)86(90(2,3)4)98-80(105)63-100-60-73(61-100)102-20-18-101(19-21-102)72-12-10-68(11-13-72)70-54-75-76(58-95-87(75)94-57-70)84(107)82-77(92)14-15-78(83(82)93)99-131(110,111)103-17-16-71(91)59-103/h6-15,54,57-58,65,71,73-74,79,86,99H,16-53,55-56,59-64H2,1-5H3,(H,94,95)(H,96,108)(H,98,105)/t71-,74-,79+,86-/m1/s1. The highest BCUT2D eigenvalue weighted by Crippen LogP contribution is 2.34. The summed E-state index contributed by atoms with van der Waals surface area (Å²) in [6.45, 7) is 24.8. The first-order valence-corrected chi connectivity index (χ1v) is 47.0. The van der Waals surface area contributed by atoms with Gasteiger partial charge < -0.3 is 111 Å². The number of alkyl halides is 1. The number of nitrogens with zero attached hydrogens (tertiary/aromatic N) is 7. The van der Waals surface area contributed by atoms with Gasteiger partial charge in [-0.25, -0.2) is 27.9 Å². The molecule has 3 aromatic carbocycles. The van der Waals surface area contributed by atoms with Gasteiger partial charge in [-0.15, -0.1) is 11.3 Å². The van der Waals surface area contributed by atoms with Gasteiger partial charge in [-0.2, -0.15) is 12.7 Å². The number of aromatic nitrogens is 3. The molecule has 4 aliphatic heterocycles. The number of fused-ring (bicyclic) bond motifs is 1. The topological polar surface area (TPSA) is 379 Å². The van der Waals surface area contributed by atoms with Crippen LogP contribution in [-0.4, -0.2) is 393 Å². The Hall–Kier alpha value is -7.93. The molecule has 0 spiro atoms. The van der Waals surface area contributed by atoms with Gasteiger partial charge in [0.15, 0.2) is 5.82 Å². The van der Waals surface area contributed by atoms with Crippen LogP contribution >= 0.6 is 11.3 Å². The number of halogens is 3. The second kappa shape index (κ2) is 57.7. The third-order valence-corrected chi connectivity index (χ3v) is 24.2. The average molecular weight is 1890 g/mol. The normalized spacial score (nSPS) is 16.8. The molecular weight excluding hydrogens is 1760 g/mol. The molecule has 728 valence electrons. The number of ketones is 1. The molecule has 36 nitrogen and oxygen atoms in total. The lowest BCUT2D eigenvalue weighted by molar-refractivity contribution is -0.155. The van der Waals surface area contributed by atoms with E-state index in [9.17, 15) is 36.8 Å². The number of esters is 1. The van der Waals surface area contributed by atoms with Crippen LogP contribution in [0.1, 0.15) is 60.8 Å². The van der Waals surface area contributed by atoms with Crippen LogP contribution in [0, 0.1) is 24.0 Å². The van der Waals surface area contributed by atoms with Gasteiger partial charge in [0.2, 0.25) is 23.5 Å². The van der Waals surface area contributed by atoms with E-state index in [0.717, 1.165) is 75.6 Å². The number of aromatic amines is 1. The number of piperazine rings is 1. The molecule has 0 radical (unpaired) electrons. The van der Waals surface area contributed by atoms with Crippen molar-refractivity contribution in [1.82, 2.24) is 44.6 Å². The zero-order valence-corrected chi connectivity index (χ0v) is 77.4. The molecule has 131 heavy (non-hydrogen) atoms. The van der Waals surface area contributed by atoms with E-state index in [-0.39, 0.29) is 87.4 Å². The lowest BCUT2D eigenvalue weighted by Crippen LogP contribution is -2.65. The van der Waals surface area contributed by atoms with E-state index in [4.69, 9.17) is 85.3 Å². The quantitative estimate of drug-likeness (QED) is 0.0195. The number of carbonyl (C=O) groups is 5. The molecule has 0 bridgehead atoms. The Balaban J connectivity index is 0.538. The van der Waals surface area contributed by atoms with Crippen molar-refractivity contribution in [3.05, 3.63) is 119 Å². The van der Waals surface area contributed by atoms with Crippen molar-refractivity contribution in [2.24, 2.45) is 5.41 Å². The predicted molar refractivity (Wildman–Crippen MR) is 479 cm³/mol. The molecule has 4 saturated heterocycles. The minimum absolute atomic E-state index is 0.0126. The maximum Gasteiger partial charge on any atom is 0.332 e. The Kier molecular flexibility index (Phi) is 46.3. The number of H-pyrrole nitrogens is 1. The first kappa shape index (κ1) is 105. The highest BCUT2D eigenvalue weighted by Gasteiger charge is 2.47. The van der Waals surface area contributed by atoms with Crippen LogP contribution in [0.2, 0.25) is 0 Å². The summed E-state index contributed by atoms with van der Waals surface area (Å²) in [4.78, 5) is 91.4. The van der Waals surface area contributed by atoms with Crippen LogP contribution in [0.4, 0.5) is 24.5 Å². The van der Waals surface area contributed by atoms with Crippen molar-refractivity contribution in [3.8, 4) is 21.6 Å². The van der Waals surface area contributed by atoms with Crippen LogP contribution in [0.15, 0.2) is 84.6 Å². The van der Waals surface area contributed by atoms with E-state index in [2.05, 4.69) is 35.4 Å². The molecule has 0 unspecified atom stereocenters. The molecular formula is C90H130F3N11O25S2. The van der Waals surface area contributed by atoms with Gasteiger partial charge in [0.25, 0.3) is 0 Å². The maximum atomic E-state index is 16.0. The number of hydrogen-bond acceptors (Lipinski definition) is 31. The smallest absolute Gasteiger partial charge is 0.332 e. The summed E-state index contributed by atoms with van der Waals surface area (Å²) in [7, 11) is -2.77. The van der Waals surface area contributed by atoms with E-state index < -0.39 is 99.6 Å². The number of carbonyl (C=O) groups excluding carboxylic acids is 5. The van der Waals surface area contributed by atoms with Crippen LogP contribution in [-0.2, 0) is 121 Å². The summed E-state index contributed by atoms with van der Waals surface area (Å²) in [5, 5.41) is 6.31. The summed E-state index contributed by atoms with van der Waals surface area (Å²) >= 11 is 1.54. The van der Waals surface area contributed by atoms with Crippen molar-refractivity contribution >= 4 is 73.4 Å². The Bertz CT molecular complexity index is 4480. The van der Waals surface area contributed by atoms with E-state index in [1.807, 2.05) is 85.8 Å². The van der Waals surface area contributed by atoms with Gasteiger partial charge in [-0.1, -0.05) is 57.2 Å². The Morgan fingerprint density at radius 2 is 1.07 bits per heavy atom. The number of methoxy groups -OCH3 is 1. The third kappa shape index (κ3) is 36.0. The highest BCUT2D eigenvalue weighted by molar-refractivity contribution is 7.90. The van der Waals surface area contributed by atoms with Crippen LogP contribution in [0.3, 0.4) is 0 Å². The number of thiazole rings is 1. The predicted octanol–water partition coefficient (Wildman–Crippen LogP) is 5.95. The summed E-state index contributed by atoms with van der Waals surface area (Å²) in [6, 6.07) is 17.1. The molecule has 6 aromatic rings. The van der Waals surface area contributed by atoms with Crippen molar-refractivity contribution in [2.75, 3.05) is 300 Å². The fourth-order valence-corrected chi connectivity index (χ4v) is 16.7. The zero-order chi connectivity index (χ0) is 92.8. The molecule has 41 heteroatoms. The van der Waals surface area contributed by atoms with Gasteiger partial charge in [0.05, 0.1) is 252 Å². The fraction of sp³-hybridized carbons (Fsp3) is 0.633. The molecule has 7 heterocycles. The second-order valence-electron chi connectivity index (χ2n) is 32.3. The van der Waals surface area contributed by atoms with Crippen LogP contribution in [0.25, 0.3) is 32.6 Å². The third-order valence-electron chi connectivity index (χ3n) is 21.7. The Morgan fingerprint density at radius 1 is 0.580 bits per heavy atom. The number of hydrogen-bond donors (Lipinski definition) is 4. The van der Waals surface area contributed by atoms with Gasteiger partial charge in [0.1, 0.15) is 42.4 Å². The van der Waals surface area contributed by atoms with Crippen molar-refractivity contribution in [1.29, 1.82) is 0 Å². The lowest BCUT2D eigenvalue weighted by atomic mass is 9.85. The lowest BCUT2D eigenvalue weighted by Gasteiger charge is -2.48. The minimum atomic E-state index is -4.41. The number of aryl methyl sites for hydroxylation is 1. The zero-order valence-electron chi connectivity index (χ0n) is 75.8. The van der Waals surface area contributed by atoms with E-state index in [0.29, 0.717) is 210 Å². The molecule has 10 rings (SSSR count). The summed E-state index contributed by atoms with van der Waals surface area (Å²) in [5.41, 5.74) is 4.69. The SMILES string of the molecule is COCCOCCOCCOCCOCCOCCOCCOCCOCCOCCOCCOCCOCCOCCOCCOCCOCC(=O)O[C@@H]1C[C@@H](C(=O)NCc2ccc(-c3scnc3C)cc2)N(C(=O)[C@@H](NC(=O)CN2CC(N3CCN(c4ccc(-c5cnc6[nH]cc(C(=O)c7c(F)ccc(NS(=O)(=O)N8CC[C@@H](F)C8)c7F)c6c5)cc4)CC3)C2)C(C)(C)C)C1. The second-order valence-corrected chi connectivity index (χ2v) is 34.9. The molecule has 4 aliphatic rings. The monoisotopic (exact) mass is 1890 g/mol. The van der Waals surface area contributed by atoms with Crippen molar-refractivity contribution in [3.63, 3.8) is 0 Å². The van der Waals surface area contributed by atoms with Crippen LogP contribution in [0.5, 0.6) is 0 Å². The summed E-state index contributed by atoms with van der Waals surface area (Å²) in [5.74, 6) is -5.61. The first-order chi connectivity index (χ1) is 63.6. The van der Waals surface area contributed by atoms with Crippen molar-refractivity contribution in [2.45, 2.75) is 77.5 Å². The van der Waals surface area contributed by atoms with Gasteiger partial charge in [-0.3, -0.25) is 33.7 Å². The summed E-state index contributed by atoms with van der Waals surface area (Å²) < 4.78 is 173. The number of anilines is 2. The number of amides is 3. The van der Waals surface area contributed by atoms with E-state index >= 15 is 8.78 Å². The Morgan fingerprint density at radius 3 is 1.53 bits per heavy atom. The highest BCUT2D eigenvalue weighted by atomic mass is 32.2. The molecule has 4 atom stereocenters. The van der Waals surface area contributed by atoms with E-state index in [1.165, 1.54) is 11.1 Å². The van der Waals surface area contributed by atoms with Crippen LogP contribution < -0.4 is 20.3 Å². The minimum Gasteiger partial charge on any atom is -0.459 e. The number of benzene rings is 3. The summed E-state index contributed by atoms with van der Waals surface area (Å²) in [6.07, 6.45) is 0.662. The average Bonchev–Trinajstić information content (AvgIpc) is 1.70. The number of ether oxygens (including phenoxy) is 18. The van der Waals surface area contributed by atoms with Gasteiger partial charge >= 0.3 is 16.2 Å². The maximum absolute atomic E-state index is 16.0. The largest absolute Gasteiger partial charge is 0.459 e. The Labute approximate surface area is 768 Å². The molecule has 3 amide bonds. The molecule has 4 fully saturated rings. The number of rotatable bonds is 67. The van der Waals surface area contributed by atoms with Crippen molar-refractivity contribution < 1.29 is 131 Å². The number of nitrogens with one attached hydrogen (secondary N) is 4. The molecule has 0 aliphatic carbocycles. The van der Waals surface area contributed by atoms with Gasteiger partial charge in [-0.05, 0) is 65.8 Å². The molecule has 3 aromatic heterocycles. The number of pyridine rings is 1. The first-order valence-electron chi connectivity index (χ1n) is 44.7. The fourth-order valence-electron chi connectivity index (χ4n) is 14.6. The van der Waals surface area contributed by atoms with Gasteiger partial charge in [0, 0.05) is 113 Å². The molecule has 4 N–H and O–H groups in total.